The highest BCUT2D eigenvalue weighted by molar-refractivity contribution is 4.86. The minimum absolute atomic E-state index is 0.346. The number of aliphatic hydroxyl groups excluding tert-OH is 1. The van der Waals surface area contributed by atoms with Crippen LogP contribution in [0, 0.1) is 5.92 Å². The molecule has 0 saturated carbocycles. The Bertz CT molecular complexity index is 207. The van der Waals surface area contributed by atoms with E-state index in [2.05, 4.69) is 19.2 Å². The molecule has 0 aromatic rings. The SMILES string of the molecule is CCCCC[C@@H]1CC[C@@H](CCCC)[C@H](CCCO)N1. The quantitative estimate of drug-likeness (QED) is 0.581. The molecule has 0 aliphatic carbocycles. The van der Waals surface area contributed by atoms with Crippen molar-refractivity contribution in [1.82, 2.24) is 5.32 Å². The van der Waals surface area contributed by atoms with Crippen molar-refractivity contribution in [3.63, 3.8) is 0 Å². The molecule has 0 radical (unpaired) electrons. The minimum Gasteiger partial charge on any atom is -0.396 e. The molecule has 2 nitrogen and oxygen atoms in total. The molecule has 1 fully saturated rings. The van der Waals surface area contributed by atoms with Gasteiger partial charge in [0.15, 0.2) is 0 Å². The first-order valence-corrected chi connectivity index (χ1v) is 8.68. The van der Waals surface area contributed by atoms with Crippen LogP contribution in [-0.4, -0.2) is 23.8 Å². The summed E-state index contributed by atoms with van der Waals surface area (Å²) in [7, 11) is 0. The van der Waals surface area contributed by atoms with Crippen molar-refractivity contribution in [3.05, 3.63) is 0 Å². The summed E-state index contributed by atoms with van der Waals surface area (Å²) in [6.45, 7) is 4.91. The number of piperidine rings is 1. The third-order valence-electron chi connectivity index (χ3n) is 4.66. The molecule has 0 spiro atoms. The average Bonchev–Trinajstić information content (AvgIpc) is 2.44. The van der Waals surface area contributed by atoms with E-state index < -0.39 is 0 Å². The molecule has 2 heteroatoms. The van der Waals surface area contributed by atoms with E-state index in [0.29, 0.717) is 12.6 Å². The number of rotatable bonds is 10. The third kappa shape index (κ3) is 6.76. The highest BCUT2D eigenvalue weighted by atomic mass is 16.2. The van der Waals surface area contributed by atoms with E-state index in [-0.39, 0.29) is 0 Å². The molecule has 114 valence electrons. The highest BCUT2D eigenvalue weighted by Crippen LogP contribution is 2.29. The molecular formula is C17H35NO. The van der Waals surface area contributed by atoms with Crippen LogP contribution >= 0.6 is 0 Å². The molecule has 2 N–H and O–H groups in total. The smallest absolute Gasteiger partial charge is 0.0431 e. The van der Waals surface area contributed by atoms with Crippen molar-refractivity contribution in [2.24, 2.45) is 5.92 Å². The maximum atomic E-state index is 9.07. The fourth-order valence-corrected chi connectivity index (χ4v) is 3.45. The van der Waals surface area contributed by atoms with Crippen LogP contribution in [0.4, 0.5) is 0 Å². The highest BCUT2D eigenvalue weighted by Gasteiger charge is 2.28. The number of nitrogens with one attached hydrogen (secondary N) is 1. The van der Waals surface area contributed by atoms with Gasteiger partial charge in [-0.1, -0.05) is 46.0 Å². The Morgan fingerprint density at radius 1 is 0.895 bits per heavy atom. The van der Waals surface area contributed by atoms with E-state index in [0.717, 1.165) is 24.8 Å². The van der Waals surface area contributed by atoms with Gasteiger partial charge in [0.2, 0.25) is 0 Å². The van der Waals surface area contributed by atoms with Gasteiger partial charge < -0.3 is 10.4 Å². The zero-order valence-corrected chi connectivity index (χ0v) is 13.2. The molecule has 1 saturated heterocycles. The summed E-state index contributed by atoms with van der Waals surface area (Å²) >= 11 is 0. The summed E-state index contributed by atoms with van der Waals surface area (Å²) in [6.07, 6.45) is 14.4. The summed E-state index contributed by atoms with van der Waals surface area (Å²) < 4.78 is 0. The molecule has 1 aliphatic heterocycles. The van der Waals surface area contributed by atoms with Gasteiger partial charge in [-0.05, 0) is 44.4 Å². The van der Waals surface area contributed by atoms with E-state index in [1.165, 1.54) is 57.8 Å². The number of hydrogen-bond donors (Lipinski definition) is 2. The largest absolute Gasteiger partial charge is 0.396 e. The normalized spacial score (nSPS) is 27.6. The summed E-state index contributed by atoms with van der Waals surface area (Å²) in [5, 5.41) is 13.0. The van der Waals surface area contributed by atoms with Gasteiger partial charge in [0.1, 0.15) is 0 Å². The Hall–Kier alpha value is -0.0800. The summed E-state index contributed by atoms with van der Waals surface area (Å²) in [4.78, 5) is 0. The van der Waals surface area contributed by atoms with Crippen molar-refractivity contribution in [2.45, 2.75) is 96.6 Å². The van der Waals surface area contributed by atoms with Crippen molar-refractivity contribution >= 4 is 0 Å². The van der Waals surface area contributed by atoms with Crippen LogP contribution in [0.5, 0.6) is 0 Å². The topological polar surface area (TPSA) is 32.3 Å². The molecule has 1 rings (SSSR count). The molecule has 0 aromatic carbocycles. The summed E-state index contributed by atoms with van der Waals surface area (Å²) in [5.74, 6) is 0.855. The van der Waals surface area contributed by atoms with E-state index in [4.69, 9.17) is 5.11 Å². The lowest BCUT2D eigenvalue weighted by Crippen LogP contribution is -2.47. The van der Waals surface area contributed by atoms with E-state index >= 15 is 0 Å². The van der Waals surface area contributed by atoms with Crippen molar-refractivity contribution in [1.29, 1.82) is 0 Å². The number of unbranched alkanes of at least 4 members (excludes halogenated alkanes) is 3. The standard InChI is InChI=1S/C17H35NO/c1-3-5-7-10-16-13-12-15(9-6-4-2)17(18-16)11-8-14-19/h15-19H,3-14H2,1-2H3/t15-,16-,17+/m1/s1. The van der Waals surface area contributed by atoms with E-state index in [1.54, 1.807) is 0 Å². The van der Waals surface area contributed by atoms with Gasteiger partial charge >= 0.3 is 0 Å². The molecule has 0 amide bonds. The summed E-state index contributed by atoms with van der Waals surface area (Å²) in [5.41, 5.74) is 0. The van der Waals surface area contributed by atoms with Gasteiger partial charge in [0.05, 0.1) is 0 Å². The fraction of sp³-hybridized carbons (Fsp3) is 1.00. The van der Waals surface area contributed by atoms with Crippen molar-refractivity contribution in [3.8, 4) is 0 Å². The van der Waals surface area contributed by atoms with E-state index in [9.17, 15) is 0 Å². The van der Waals surface area contributed by atoms with Crippen molar-refractivity contribution in [2.75, 3.05) is 6.61 Å². The van der Waals surface area contributed by atoms with Gasteiger partial charge in [0, 0.05) is 18.7 Å². The number of aliphatic hydroxyl groups is 1. The van der Waals surface area contributed by atoms with Crippen LogP contribution in [0.15, 0.2) is 0 Å². The molecule has 0 aromatic heterocycles. The molecule has 0 bridgehead atoms. The maximum Gasteiger partial charge on any atom is 0.0431 e. The Morgan fingerprint density at radius 2 is 1.68 bits per heavy atom. The van der Waals surface area contributed by atoms with Crippen LogP contribution < -0.4 is 5.32 Å². The van der Waals surface area contributed by atoms with Crippen LogP contribution in [0.3, 0.4) is 0 Å². The fourth-order valence-electron chi connectivity index (χ4n) is 3.45. The van der Waals surface area contributed by atoms with Crippen LogP contribution in [0.25, 0.3) is 0 Å². The first kappa shape index (κ1) is 17.0. The van der Waals surface area contributed by atoms with Gasteiger partial charge in [0.25, 0.3) is 0 Å². The lowest BCUT2D eigenvalue weighted by Gasteiger charge is -2.38. The lowest BCUT2D eigenvalue weighted by atomic mass is 9.81. The third-order valence-corrected chi connectivity index (χ3v) is 4.66. The predicted octanol–water partition coefficient (Wildman–Crippen LogP) is 4.27. The molecular weight excluding hydrogens is 234 g/mol. The molecule has 19 heavy (non-hydrogen) atoms. The molecule has 1 heterocycles. The summed E-state index contributed by atoms with van der Waals surface area (Å²) in [6, 6.07) is 1.41. The van der Waals surface area contributed by atoms with Crippen LogP contribution in [-0.2, 0) is 0 Å². The van der Waals surface area contributed by atoms with Crippen LogP contribution in [0.1, 0.15) is 84.5 Å². The molecule has 0 unspecified atom stereocenters. The van der Waals surface area contributed by atoms with Gasteiger partial charge in [-0.15, -0.1) is 0 Å². The first-order valence-electron chi connectivity index (χ1n) is 8.68. The molecule has 1 aliphatic rings. The van der Waals surface area contributed by atoms with Crippen LogP contribution in [0.2, 0.25) is 0 Å². The second-order valence-corrected chi connectivity index (χ2v) is 6.31. The van der Waals surface area contributed by atoms with E-state index in [1.807, 2.05) is 0 Å². The Balaban J connectivity index is 2.35. The monoisotopic (exact) mass is 269 g/mol. The first-order chi connectivity index (χ1) is 9.31. The lowest BCUT2D eigenvalue weighted by molar-refractivity contribution is 0.183. The average molecular weight is 269 g/mol. The van der Waals surface area contributed by atoms with Gasteiger partial charge in [-0.3, -0.25) is 0 Å². The van der Waals surface area contributed by atoms with Crippen molar-refractivity contribution < 1.29 is 5.11 Å². The Morgan fingerprint density at radius 3 is 2.37 bits per heavy atom. The number of hydrogen-bond acceptors (Lipinski definition) is 2. The Labute approximate surface area is 120 Å². The zero-order chi connectivity index (χ0) is 13.9. The zero-order valence-electron chi connectivity index (χ0n) is 13.2. The minimum atomic E-state index is 0.346. The maximum absolute atomic E-state index is 9.07. The second kappa shape index (κ2) is 10.7. The Kier molecular flexibility index (Phi) is 9.54. The van der Waals surface area contributed by atoms with Gasteiger partial charge in [-0.25, -0.2) is 0 Å². The molecule has 3 atom stereocenters. The predicted molar refractivity (Wildman–Crippen MR) is 83.4 cm³/mol. The van der Waals surface area contributed by atoms with Gasteiger partial charge in [-0.2, -0.15) is 0 Å². The second-order valence-electron chi connectivity index (χ2n) is 6.31.